The molecule has 0 aliphatic carbocycles. The van der Waals surface area contributed by atoms with Crippen LogP contribution < -0.4 is 0 Å². The average molecular weight is 256 g/mol. The molecule has 0 aliphatic heterocycles. The molecule has 0 bridgehead atoms. The molecule has 98 valence electrons. The summed E-state index contributed by atoms with van der Waals surface area (Å²) in [6.07, 6.45) is 0.330. The highest BCUT2D eigenvalue weighted by Crippen LogP contribution is 2.17. The molecule has 3 heteroatoms. The molecule has 0 saturated carbocycles. The van der Waals surface area contributed by atoms with Gasteiger partial charge in [-0.1, -0.05) is 36.4 Å². The van der Waals surface area contributed by atoms with Gasteiger partial charge in [-0.05, 0) is 23.8 Å². The van der Waals surface area contributed by atoms with Gasteiger partial charge in [0, 0.05) is 12.0 Å². The molecule has 0 fully saturated rings. The van der Waals surface area contributed by atoms with Crippen LogP contribution in [-0.4, -0.2) is 18.4 Å². The molecule has 0 atom stereocenters. The van der Waals surface area contributed by atoms with Gasteiger partial charge in [0.1, 0.15) is 0 Å². The second-order valence-corrected chi connectivity index (χ2v) is 4.29. The Morgan fingerprint density at radius 2 is 1.74 bits per heavy atom. The predicted molar refractivity (Wildman–Crippen MR) is 74.1 cm³/mol. The van der Waals surface area contributed by atoms with Crippen molar-refractivity contribution in [3.8, 4) is 0 Å². The number of carbonyl (C=O) groups is 2. The minimum Gasteiger partial charge on any atom is -0.466 e. The minimum absolute atomic E-state index is 0.0289. The molecule has 0 aromatic heterocycles. The van der Waals surface area contributed by atoms with E-state index in [9.17, 15) is 9.59 Å². The molecule has 0 saturated heterocycles. The first-order valence-electron chi connectivity index (χ1n) is 6.38. The van der Waals surface area contributed by atoms with Crippen molar-refractivity contribution in [2.24, 2.45) is 0 Å². The van der Waals surface area contributed by atoms with Gasteiger partial charge in [0.25, 0.3) is 0 Å². The summed E-state index contributed by atoms with van der Waals surface area (Å²) in [5.41, 5.74) is 0.642. The van der Waals surface area contributed by atoms with E-state index in [0.717, 1.165) is 10.8 Å². The Bertz CT molecular complexity index is 602. The number of hydrogen-bond acceptors (Lipinski definition) is 3. The Labute approximate surface area is 112 Å². The monoisotopic (exact) mass is 256 g/mol. The lowest BCUT2D eigenvalue weighted by molar-refractivity contribution is -0.143. The second-order valence-electron chi connectivity index (χ2n) is 4.29. The molecule has 0 heterocycles. The van der Waals surface area contributed by atoms with Crippen LogP contribution in [0.4, 0.5) is 0 Å². The largest absolute Gasteiger partial charge is 0.466 e. The SMILES string of the molecule is CCOC(=O)CCC(=O)c1ccc2ccccc2c1. The van der Waals surface area contributed by atoms with Gasteiger partial charge in [-0.15, -0.1) is 0 Å². The highest BCUT2D eigenvalue weighted by atomic mass is 16.5. The number of fused-ring (bicyclic) bond motifs is 1. The zero-order valence-corrected chi connectivity index (χ0v) is 10.9. The maximum Gasteiger partial charge on any atom is 0.306 e. The molecular weight excluding hydrogens is 240 g/mol. The Morgan fingerprint density at radius 1 is 1.00 bits per heavy atom. The van der Waals surface area contributed by atoms with E-state index in [0.29, 0.717) is 12.2 Å². The van der Waals surface area contributed by atoms with E-state index in [2.05, 4.69) is 0 Å². The van der Waals surface area contributed by atoms with Crippen molar-refractivity contribution < 1.29 is 14.3 Å². The van der Waals surface area contributed by atoms with Crippen LogP contribution in [0.5, 0.6) is 0 Å². The summed E-state index contributed by atoms with van der Waals surface area (Å²) in [5, 5.41) is 2.13. The second kappa shape index (κ2) is 6.14. The first-order valence-corrected chi connectivity index (χ1v) is 6.38. The Hall–Kier alpha value is -2.16. The Morgan fingerprint density at radius 3 is 2.47 bits per heavy atom. The molecule has 0 N–H and O–H groups in total. The first kappa shape index (κ1) is 13.3. The van der Waals surface area contributed by atoms with E-state index in [-0.39, 0.29) is 24.6 Å². The fourth-order valence-corrected chi connectivity index (χ4v) is 1.96. The normalized spacial score (nSPS) is 10.4. The Kier molecular flexibility index (Phi) is 4.29. The molecule has 2 aromatic rings. The van der Waals surface area contributed by atoms with Gasteiger partial charge in [-0.25, -0.2) is 0 Å². The van der Waals surface area contributed by atoms with Gasteiger partial charge in [0.15, 0.2) is 5.78 Å². The van der Waals surface area contributed by atoms with Gasteiger partial charge in [0.2, 0.25) is 0 Å². The summed E-state index contributed by atoms with van der Waals surface area (Å²) in [6, 6.07) is 13.5. The fourth-order valence-electron chi connectivity index (χ4n) is 1.96. The third-order valence-electron chi connectivity index (χ3n) is 2.93. The number of rotatable bonds is 5. The van der Waals surface area contributed by atoms with Crippen molar-refractivity contribution in [3.05, 3.63) is 48.0 Å². The lowest BCUT2D eigenvalue weighted by Crippen LogP contribution is -2.07. The molecule has 2 aromatic carbocycles. The molecule has 0 aliphatic rings. The van der Waals surface area contributed by atoms with Crippen LogP contribution in [0.2, 0.25) is 0 Å². The number of carbonyl (C=O) groups excluding carboxylic acids is 2. The standard InChI is InChI=1S/C16H16O3/c1-2-19-16(18)10-9-15(17)14-8-7-12-5-3-4-6-13(12)11-14/h3-8,11H,2,9-10H2,1H3. The molecule has 0 unspecified atom stereocenters. The van der Waals surface area contributed by atoms with Gasteiger partial charge < -0.3 is 4.74 Å². The molecular formula is C16H16O3. The van der Waals surface area contributed by atoms with Crippen molar-refractivity contribution in [1.82, 2.24) is 0 Å². The smallest absolute Gasteiger partial charge is 0.306 e. The first-order chi connectivity index (χ1) is 9.20. The lowest BCUT2D eigenvalue weighted by Gasteiger charge is -2.03. The van der Waals surface area contributed by atoms with E-state index in [4.69, 9.17) is 4.74 Å². The van der Waals surface area contributed by atoms with Crippen LogP contribution in [0, 0.1) is 0 Å². The number of ether oxygens (including phenoxy) is 1. The third-order valence-corrected chi connectivity index (χ3v) is 2.93. The summed E-state index contributed by atoms with van der Waals surface area (Å²) >= 11 is 0. The van der Waals surface area contributed by atoms with Gasteiger partial charge >= 0.3 is 5.97 Å². The van der Waals surface area contributed by atoms with E-state index in [1.165, 1.54) is 0 Å². The maximum atomic E-state index is 12.0. The highest BCUT2D eigenvalue weighted by Gasteiger charge is 2.10. The van der Waals surface area contributed by atoms with E-state index < -0.39 is 0 Å². The summed E-state index contributed by atoms with van der Waals surface area (Å²) in [7, 11) is 0. The number of Topliss-reactive ketones (excluding diaryl/α,β-unsaturated/α-hetero) is 1. The highest BCUT2D eigenvalue weighted by molar-refractivity contribution is 6.00. The van der Waals surface area contributed by atoms with Crippen molar-refractivity contribution >= 4 is 22.5 Å². The zero-order chi connectivity index (χ0) is 13.7. The summed E-state index contributed by atoms with van der Waals surface area (Å²) < 4.78 is 4.81. The molecule has 3 nitrogen and oxygen atoms in total. The lowest BCUT2D eigenvalue weighted by atomic mass is 10.0. The van der Waals surface area contributed by atoms with Crippen LogP contribution in [0.25, 0.3) is 10.8 Å². The number of esters is 1. The van der Waals surface area contributed by atoms with Gasteiger partial charge in [-0.3, -0.25) is 9.59 Å². The van der Waals surface area contributed by atoms with Crippen molar-refractivity contribution in [2.75, 3.05) is 6.61 Å². The van der Waals surface area contributed by atoms with Crippen LogP contribution >= 0.6 is 0 Å². The van der Waals surface area contributed by atoms with E-state index in [1.54, 1.807) is 13.0 Å². The van der Waals surface area contributed by atoms with Gasteiger partial charge in [0.05, 0.1) is 13.0 Å². The molecule has 0 radical (unpaired) electrons. The predicted octanol–water partition coefficient (Wildman–Crippen LogP) is 3.37. The molecule has 2 rings (SSSR count). The molecule has 19 heavy (non-hydrogen) atoms. The van der Waals surface area contributed by atoms with E-state index in [1.807, 2.05) is 36.4 Å². The number of ketones is 1. The van der Waals surface area contributed by atoms with Crippen LogP contribution in [0.15, 0.2) is 42.5 Å². The van der Waals surface area contributed by atoms with Crippen LogP contribution in [-0.2, 0) is 9.53 Å². The average Bonchev–Trinajstić information content (AvgIpc) is 2.44. The van der Waals surface area contributed by atoms with Crippen molar-refractivity contribution in [1.29, 1.82) is 0 Å². The van der Waals surface area contributed by atoms with Crippen LogP contribution in [0.1, 0.15) is 30.1 Å². The third kappa shape index (κ3) is 3.41. The van der Waals surface area contributed by atoms with Gasteiger partial charge in [-0.2, -0.15) is 0 Å². The van der Waals surface area contributed by atoms with Crippen molar-refractivity contribution in [3.63, 3.8) is 0 Å². The fraction of sp³-hybridized carbons (Fsp3) is 0.250. The number of benzene rings is 2. The maximum absolute atomic E-state index is 12.0. The quantitative estimate of drug-likeness (QED) is 0.608. The van der Waals surface area contributed by atoms with Crippen molar-refractivity contribution in [2.45, 2.75) is 19.8 Å². The van der Waals surface area contributed by atoms with Crippen LogP contribution in [0.3, 0.4) is 0 Å². The topological polar surface area (TPSA) is 43.4 Å². The zero-order valence-electron chi connectivity index (χ0n) is 10.9. The summed E-state index contributed by atoms with van der Waals surface area (Å²) in [5.74, 6) is -0.351. The van der Waals surface area contributed by atoms with E-state index >= 15 is 0 Å². The molecule has 0 amide bonds. The molecule has 0 spiro atoms. The minimum atomic E-state index is -0.323. The number of hydrogen-bond donors (Lipinski definition) is 0. The summed E-state index contributed by atoms with van der Waals surface area (Å²) in [6.45, 7) is 2.10. The Balaban J connectivity index is 2.07. The summed E-state index contributed by atoms with van der Waals surface area (Å²) in [4.78, 5) is 23.2.